The molecular weight excluding hydrogens is 435 g/mol. The zero-order valence-electron chi connectivity index (χ0n) is 16.6. The third-order valence-corrected chi connectivity index (χ3v) is 6.35. The molecule has 5 rings (SSSR count). The van der Waals surface area contributed by atoms with E-state index in [2.05, 4.69) is 0 Å². The lowest BCUT2D eigenvalue weighted by Crippen LogP contribution is -2.67. The Bertz CT molecular complexity index is 1190. The standard InChI is InChI=1S/C24H18ClFN2O2S/c1-24-14-20(19-13-16(25)9-12-21(19)30-24)27(22(29)15-7-10-17(26)11-8-15)23(31)28(24)18-5-3-2-4-6-18/h2-13,20H,14H2,1H3. The Kier molecular flexibility index (Phi) is 4.72. The smallest absolute Gasteiger partial charge is 0.260 e. The molecule has 1 saturated heterocycles. The Morgan fingerprint density at radius 3 is 2.55 bits per heavy atom. The number of anilines is 1. The molecule has 156 valence electrons. The molecule has 1 fully saturated rings. The average Bonchev–Trinajstić information content (AvgIpc) is 2.75. The maximum Gasteiger partial charge on any atom is 0.260 e. The van der Waals surface area contributed by atoms with Crippen LogP contribution in [0.4, 0.5) is 10.1 Å². The van der Waals surface area contributed by atoms with Crippen molar-refractivity contribution in [1.82, 2.24) is 4.90 Å². The third kappa shape index (κ3) is 3.27. The number of hydrogen-bond acceptors (Lipinski definition) is 3. The second-order valence-electron chi connectivity index (χ2n) is 7.81. The summed E-state index contributed by atoms with van der Waals surface area (Å²) >= 11 is 12.1. The Morgan fingerprint density at radius 2 is 1.84 bits per heavy atom. The van der Waals surface area contributed by atoms with E-state index < -0.39 is 11.5 Å². The Balaban J connectivity index is 1.68. The number of carbonyl (C=O) groups excluding carboxylic acids is 1. The zero-order valence-corrected chi connectivity index (χ0v) is 18.2. The summed E-state index contributed by atoms with van der Waals surface area (Å²) in [6.07, 6.45) is 0.488. The predicted molar refractivity (Wildman–Crippen MR) is 122 cm³/mol. The van der Waals surface area contributed by atoms with Crippen molar-refractivity contribution in [2.75, 3.05) is 4.90 Å². The summed E-state index contributed by atoms with van der Waals surface area (Å²) in [5.74, 6) is -0.0475. The highest BCUT2D eigenvalue weighted by atomic mass is 35.5. The summed E-state index contributed by atoms with van der Waals surface area (Å²) in [6.45, 7) is 1.97. The fraction of sp³-hybridized carbons (Fsp3) is 0.167. The number of fused-ring (bicyclic) bond motifs is 4. The normalized spacial score (nSPS) is 22.0. The molecule has 3 aromatic rings. The first-order chi connectivity index (χ1) is 14.9. The molecule has 31 heavy (non-hydrogen) atoms. The monoisotopic (exact) mass is 452 g/mol. The number of rotatable bonds is 2. The topological polar surface area (TPSA) is 32.8 Å². The molecular formula is C24H18ClFN2O2S. The second kappa shape index (κ2) is 7.32. The molecule has 0 aromatic heterocycles. The number of para-hydroxylation sites is 1. The maximum atomic E-state index is 13.6. The van der Waals surface area contributed by atoms with Crippen molar-refractivity contribution in [3.05, 3.63) is 94.8 Å². The van der Waals surface area contributed by atoms with Gasteiger partial charge in [0.25, 0.3) is 5.91 Å². The fourth-order valence-electron chi connectivity index (χ4n) is 4.35. The van der Waals surface area contributed by atoms with Gasteiger partial charge in [-0.25, -0.2) is 4.39 Å². The molecule has 2 bridgehead atoms. The minimum Gasteiger partial charge on any atom is -0.467 e. The van der Waals surface area contributed by atoms with E-state index >= 15 is 0 Å². The summed E-state index contributed by atoms with van der Waals surface area (Å²) in [5, 5.41) is 0.876. The van der Waals surface area contributed by atoms with Gasteiger partial charge in [-0.1, -0.05) is 29.8 Å². The van der Waals surface area contributed by atoms with Crippen LogP contribution in [0.2, 0.25) is 5.02 Å². The number of halogens is 2. The van der Waals surface area contributed by atoms with Gasteiger partial charge in [-0.15, -0.1) is 0 Å². The van der Waals surface area contributed by atoms with Crippen LogP contribution in [0.25, 0.3) is 0 Å². The van der Waals surface area contributed by atoms with E-state index in [0.717, 1.165) is 11.3 Å². The van der Waals surface area contributed by atoms with Crippen molar-refractivity contribution >= 4 is 40.5 Å². The van der Waals surface area contributed by atoms with Gasteiger partial charge in [0.15, 0.2) is 10.8 Å². The molecule has 0 spiro atoms. The second-order valence-corrected chi connectivity index (χ2v) is 8.62. The van der Waals surface area contributed by atoms with Crippen molar-refractivity contribution in [3.63, 3.8) is 0 Å². The summed E-state index contributed by atoms with van der Waals surface area (Å²) in [7, 11) is 0. The molecule has 4 nitrogen and oxygen atoms in total. The first kappa shape index (κ1) is 20.0. The number of hydrogen-bond donors (Lipinski definition) is 0. The zero-order chi connectivity index (χ0) is 21.8. The van der Waals surface area contributed by atoms with Crippen molar-refractivity contribution in [2.45, 2.75) is 25.1 Å². The summed E-state index contributed by atoms with van der Waals surface area (Å²) in [6, 6.07) is 20.1. The highest BCUT2D eigenvalue weighted by Crippen LogP contribution is 2.50. The van der Waals surface area contributed by atoms with Gasteiger partial charge in [0, 0.05) is 28.3 Å². The molecule has 2 unspecified atom stereocenters. The highest BCUT2D eigenvalue weighted by Gasteiger charge is 2.53. The molecule has 3 aromatic carbocycles. The van der Waals surface area contributed by atoms with E-state index in [9.17, 15) is 9.18 Å². The Hall–Kier alpha value is -2.96. The molecule has 0 aliphatic carbocycles. The number of nitrogens with zero attached hydrogens (tertiary/aromatic N) is 2. The molecule has 2 atom stereocenters. The minimum atomic E-state index is -0.788. The average molecular weight is 453 g/mol. The third-order valence-electron chi connectivity index (χ3n) is 5.74. The van der Waals surface area contributed by atoms with Gasteiger partial charge in [-0.05, 0) is 73.7 Å². The quantitative estimate of drug-likeness (QED) is 0.449. The first-order valence-corrected chi connectivity index (χ1v) is 10.6. The van der Waals surface area contributed by atoms with E-state index in [4.69, 9.17) is 28.6 Å². The lowest BCUT2D eigenvalue weighted by Gasteiger charge is -2.55. The van der Waals surface area contributed by atoms with E-state index in [1.54, 1.807) is 11.0 Å². The minimum absolute atomic E-state index is 0.300. The molecule has 0 saturated carbocycles. The molecule has 7 heteroatoms. The number of thiocarbonyl (C=S) groups is 1. The van der Waals surface area contributed by atoms with E-state index in [1.807, 2.05) is 54.3 Å². The summed E-state index contributed by atoms with van der Waals surface area (Å²) in [5.41, 5.74) is 1.19. The van der Waals surface area contributed by atoms with Crippen LogP contribution in [0.5, 0.6) is 5.75 Å². The highest BCUT2D eigenvalue weighted by molar-refractivity contribution is 7.80. The summed E-state index contributed by atoms with van der Waals surface area (Å²) < 4.78 is 19.9. The van der Waals surface area contributed by atoms with Gasteiger partial charge in [0.05, 0.1) is 6.04 Å². The van der Waals surface area contributed by atoms with Crippen molar-refractivity contribution in [1.29, 1.82) is 0 Å². The largest absolute Gasteiger partial charge is 0.467 e. The van der Waals surface area contributed by atoms with E-state index in [1.165, 1.54) is 24.3 Å². The van der Waals surface area contributed by atoms with Crippen LogP contribution in [0.15, 0.2) is 72.8 Å². The van der Waals surface area contributed by atoms with Gasteiger partial charge in [0.2, 0.25) is 0 Å². The van der Waals surface area contributed by atoms with E-state index in [0.29, 0.717) is 27.9 Å². The number of carbonyl (C=O) groups is 1. The van der Waals surface area contributed by atoms with Crippen LogP contribution in [-0.4, -0.2) is 21.6 Å². The van der Waals surface area contributed by atoms with Gasteiger partial charge < -0.3 is 4.74 Å². The number of benzene rings is 3. The van der Waals surface area contributed by atoms with Crippen LogP contribution in [0.3, 0.4) is 0 Å². The first-order valence-electron chi connectivity index (χ1n) is 9.84. The lowest BCUT2D eigenvalue weighted by molar-refractivity contribution is 0.0184. The van der Waals surface area contributed by atoms with Gasteiger partial charge >= 0.3 is 0 Å². The van der Waals surface area contributed by atoms with Gasteiger partial charge in [-0.2, -0.15) is 0 Å². The molecule has 2 heterocycles. The SMILES string of the molecule is CC12CC(c3cc(Cl)ccc3O1)N(C(=O)c1ccc(F)cc1)C(=S)N2c1ccccc1. The van der Waals surface area contributed by atoms with E-state index in [-0.39, 0.29) is 11.9 Å². The Morgan fingerprint density at radius 1 is 1.13 bits per heavy atom. The van der Waals surface area contributed by atoms with Crippen LogP contribution in [0.1, 0.15) is 35.3 Å². The lowest BCUT2D eigenvalue weighted by atomic mass is 9.88. The van der Waals surface area contributed by atoms with Gasteiger partial charge in [-0.3, -0.25) is 14.6 Å². The van der Waals surface area contributed by atoms with Gasteiger partial charge in [0.1, 0.15) is 11.6 Å². The van der Waals surface area contributed by atoms with Crippen molar-refractivity contribution in [2.24, 2.45) is 0 Å². The Labute approximate surface area is 189 Å². The van der Waals surface area contributed by atoms with Crippen LogP contribution >= 0.6 is 23.8 Å². The van der Waals surface area contributed by atoms with Crippen LogP contribution in [-0.2, 0) is 0 Å². The fourth-order valence-corrected chi connectivity index (χ4v) is 5.04. The number of amides is 1. The molecule has 2 aliphatic rings. The molecule has 2 aliphatic heterocycles. The van der Waals surface area contributed by atoms with Crippen LogP contribution in [0, 0.1) is 5.82 Å². The molecule has 1 amide bonds. The van der Waals surface area contributed by atoms with Crippen LogP contribution < -0.4 is 9.64 Å². The maximum absolute atomic E-state index is 13.6. The summed E-state index contributed by atoms with van der Waals surface area (Å²) in [4.78, 5) is 17.1. The molecule has 0 N–H and O–H groups in total. The van der Waals surface area contributed by atoms with Crippen molar-refractivity contribution < 1.29 is 13.9 Å². The molecule has 0 radical (unpaired) electrons. The number of ether oxygens (including phenoxy) is 1. The van der Waals surface area contributed by atoms with Crippen molar-refractivity contribution in [3.8, 4) is 5.75 Å². The predicted octanol–water partition coefficient (Wildman–Crippen LogP) is 5.97.